The van der Waals surface area contributed by atoms with Gasteiger partial charge in [-0.15, -0.1) is 0 Å². The molecule has 1 N–H and O–H groups in total. The number of benzene rings is 2. The van der Waals surface area contributed by atoms with E-state index in [0.29, 0.717) is 18.1 Å². The molecule has 3 rings (SSSR count). The summed E-state index contributed by atoms with van der Waals surface area (Å²) in [4.78, 5) is 14.3. The largest absolute Gasteiger partial charge is 0.450 e. The Morgan fingerprint density at radius 3 is 2.55 bits per heavy atom. The van der Waals surface area contributed by atoms with Crippen LogP contribution in [0.2, 0.25) is 0 Å². The van der Waals surface area contributed by atoms with Crippen molar-refractivity contribution in [1.82, 2.24) is 4.90 Å². The summed E-state index contributed by atoms with van der Waals surface area (Å²) >= 11 is 0. The summed E-state index contributed by atoms with van der Waals surface area (Å²) in [6.07, 6.45) is 1.80. The summed E-state index contributed by atoms with van der Waals surface area (Å²) in [6.45, 7) is 8.42. The second-order valence-electron chi connectivity index (χ2n) is 7.64. The average molecular weight is 392 g/mol. The molecule has 1 heterocycles. The first kappa shape index (κ1) is 20.9. The Balaban J connectivity index is 1.63. The van der Waals surface area contributed by atoms with Crippen LogP contribution in [0.5, 0.6) is 0 Å². The van der Waals surface area contributed by atoms with E-state index in [1.807, 2.05) is 19.1 Å². The monoisotopic (exact) mass is 391 g/mol. The Kier molecular flexibility index (Phi) is 6.90. The van der Waals surface area contributed by atoms with Crippen molar-refractivity contribution in [2.24, 2.45) is 0 Å². The summed E-state index contributed by atoms with van der Waals surface area (Å²) < 4.78 is 5.01. The number of nitriles is 1. The van der Waals surface area contributed by atoms with E-state index in [1.165, 1.54) is 11.1 Å². The van der Waals surface area contributed by atoms with Gasteiger partial charge in [0.1, 0.15) is 0 Å². The van der Waals surface area contributed by atoms with Crippen LogP contribution >= 0.6 is 0 Å². The van der Waals surface area contributed by atoms with E-state index in [1.54, 1.807) is 6.92 Å². The highest BCUT2D eigenvalue weighted by Crippen LogP contribution is 2.33. The fourth-order valence-electron chi connectivity index (χ4n) is 3.97. The number of amides is 1. The Morgan fingerprint density at radius 2 is 1.93 bits per heavy atom. The molecule has 1 aliphatic heterocycles. The van der Waals surface area contributed by atoms with Gasteiger partial charge < -0.3 is 4.74 Å². The number of likely N-dealkylation sites (tertiary alicyclic amines) is 1. The molecule has 1 aliphatic rings. The van der Waals surface area contributed by atoms with Crippen LogP contribution in [0.4, 0.5) is 10.5 Å². The lowest BCUT2D eigenvalue weighted by Crippen LogP contribution is -2.35. The van der Waals surface area contributed by atoms with Crippen LogP contribution < -0.4 is 5.32 Å². The Morgan fingerprint density at radius 1 is 1.24 bits per heavy atom. The zero-order valence-corrected chi connectivity index (χ0v) is 17.4. The number of aryl methyl sites for hydroxylation is 1. The Hall–Kier alpha value is -2.84. The van der Waals surface area contributed by atoms with E-state index < -0.39 is 6.09 Å². The number of carbonyl (C=O) groups excluding carboxylic acids is 1. The number of hydrogen-bond donors (Lipinski definition) is 1. The van der Waals surface area contributed by atoms with E-state index >= 15 is 0 Å². The molecule has 1 unspecified atom stereocenters. The normalized spacial score (nSPS) is 16.1. The van der Waals surface area contributed by atoms with Crippen molar-refractivity contribution in [3.05, 3.63) is 64.7 Å². The molecule has 29 heavy (non-hydrogen) atoms. The lowest BCUT2D eigenvalue weighted by atomic mass is 9.88. The van der Waals surface area contributed by atoms with Gasteiger partial charge in [0.15, 0.2) is 0 Å². The van der Waals surface area contributed by atoms with Crippen LogP contribution in [0, 0.1) is 18.3 Å². The van der Waals surface area contributed by atoms with Gasteiger partial charge in [-0.1, -0.05) is 24.3 Å². The highest BCUT2D eigenvalue weighted by Gasteiger charge is 2.25. The molecule has 0 bridgehead atoms. The highest BCUT2D eigenvalue weighted by molar-refractivity contribution is 5.85. The van der Waals surface area contributed by atoms with Crippen molar-refractivity contribution >= 4 is 11.8 Å². The summed E-state index contributed by atoms with van der Waals surface area (Å²) in [7, 11) is 0. The SMILES string of the molecule is CCOC(=O)Nc1cc(C(C)N2CCC(c3ccc(C#N)cc3)CC2)ccc1C. The molecule has 1 fully saturated rings. The minimum absolute atomic E-state index is 0.278. The number of ether oxygens (including phenoxy) is 1. The molecule has 0 aliphatic carbocycles. The number of nitrogens with zero attached hydrogens (tertiary/aromatic N) is 2. The molecule has 0 spiro atoms. The maximum absolute atomic E-state index is 11.8. The van der Waals surface area contributed by atoms with Crippen molar-refractivity contribution in [1.29, 1.82) is 5.26 Å². The van der Waals surface area contributed by atoms with Crippen LogP contribution in [0.25, 0.3) is 0 Å². The second-order valence-corrected chi connectivity index (χ2v) is 7.64. The molecule has 152 valence electrons. The summed E-state index contributed by atoms with van der Waals surface area (Å²) in [5.74, 6) is 0.547. The average Bonchev–Trinajstić information content (AvgIpc) is 2.75. The molecule has 0 saturated carbocycles. The lowest BCUT2D eigenvalue weighted by Gasteiger charge is -2.36. The first-order valence-corrected chi connectivity index (χ1v) is 10.3. The fraction of sp³-hybridized carbons (Fsp3) is 0.417. The molecular formula is C24H29N3O2. The predicted octanol–water partition coefficient (Wildman–Crippen LogP) is 5.38. The Bertz CT molecular complexity index is 878. The molecule has 2 aromatic carbocycles. The van der Waals surface area contributed by atoms with E-state index in [-0.39, 0.29) is 6.04 Å². The third-order valence-corrected chi connectivity index (χ3v) is 5.84. The van der Waals surface area contributed by atoms with Crippen LogP contribution in [0.3, 0.4) is 0 Å². The van der Waals surface area contributed by atoms with Crippen molar-refractivity contribution in [3.63, 3.8) is 0 Å². The van der Waals surface area contributed by atoms with Gasteiger partial charge in [-0.3, -0.25) is 10.2 Å². The standard InChI is InChI=1S/C24H29N3O2/c1-4-29-24(28)26-23-15-22(8-5-17(23)2)18(3)27-13-11-21(12-14-27)20-9-6-19(16-25)7-10-20/h5-10,15,18,21H,4,11-14H2,1-3H3,(H,26,28). The van der Waals surface area contributed by atoms with Gasteiger partial charge >= 0.3 is 6.09 Å². The maximum atomic E-state index is 11.8. The zero-order valence-electron chi connectivity index (χ0n) is 17.4. The van der Waals surface area contributed by atoms with Gasteiger partial charge in [0.25, 0.3) is 0 Å². The van der Waals surface area contributed by atoms with Gasteiger partial charge in [0, 0.05) is 11.7 Å². The van der Waals surface area contributed by atoms with Crippen LogP contribution in [-0.2, 0) is 4.74 Å². The molecule has 0 radical (unpaired) electrons. The number of nitrogens with one attached hydrogen (secondary N) is 1. The zero-order chi connectivity index (χ0) is 20.8. The summed E-state index contributed by atoms with van der Waals surface area (Å²) in [6, 6.07) is 16.7. The minimum atomic E-state index is -0.413. The number of hydrogen-bond acceptors (Lipinski definition) is 4. The lowest BCUT2D eigenvalue weighted by molar-refractivity contribution is 0.162. The third kappa shape index (κ3) is 5.16. The van der Waals surface area contributed by atoms with Gasteiger partial charge in [0.05, 0.1) is 18.2 Å². The minimum Gasteiger partial charge on any atom is -0.450 e. The molecule has 1 saturated heterocycles. The van der Waals surface area contributed by atoms with E-state index in [2.05, 4.69) is 53.5 Å². The van der Waals surface area contributed by atoms with Crippen LogP contribution in [-0.4, -0.2) is 30.7 Å². The van der Waals surface area contributed by atoms with Crippen molar-refractivity contribution in [2.45, 2.75) is 45.6 Å². The summed E-state index contributed by atoms with van der Waals surface area (Å²) in [5, 5.41) is 11.8. The molecule has 5 heteroatoms. The molecule has 1 amide bonds. The van der Waals surface area contributed by atoms with Crippen molar-refractivity contribution in [3.8, 4) is 6.07 Å². The van der Waals surface area contributed by atoms with Crippen LogP contribution in [0.15, 0.2) is 42.5 Å². The first-order chi connectivity index (χ1) is 14.0. The summed E-state index contributed by atoms with van der Waals surface area (Å²) in [5.41, 5.74) is 5.06. The molecule has 1 atom stereocenters. The molecule has 2 aromatic rings. The van der Waals surface area contributed by atoms with Gasteiger partial charge in [-0.25, -0.2) is 4.79 Å². The molecular weight excluding hydrogens is 362 g/mol. The smallest absolute Gasteiger partial charge is 0.411 e. The highest BCUT2D eigenvalue weighted by atomic mass is 16.5. The van der Waals surface area contributed by atoms with Gasteiger partial charge in [-0.2, -0.15) is 5.26 Å². The van der Waals surface area contributed by atoms with Crippen molar-refractivity contribution in [2.75, 3.05) is 25.0 Å². The second kappa shape index (κ2) is 9.58. The fourth-order valence-corrected chi connectivity index (χ4v) is 3.97. The van der Waals surface area contributed by atoms with Gasteiger partial charge in [0.2, 0.25) is 0 Å². The van der Waals surface area contributed by atoms with Gasteiger partial charge in [-0.05, 0) is 87.5 Å². The van der Waals surface area contributed by atoms with E-state index in [0.717, 1.165) is 37.2 Å². The van der Waals surface area contributed by atoms with E-state index in [9.17, 15) is 4.79 Å². The predicted molar refractivity (Wildman–Crippen MR) is 115 cm³/mol. The number of anilines is 1. The molecule has 5 nitrogen and oxygen atoms in total. The quantitative estimate of drug-likeness (QED) is 0.743. The number of carbonyl (C=O) groups is 1. The molecule has 0 aromatic heterocycles. The van der Waals surface area contributed by atoms with Crippen LogP contribution in [0.1, 0.15) is 60.9 Å². The Labute approximate surface area is 173 Å². The number of piperidine rings is 1. The first-order valence-electron chi connectivity index (χ1n) is 10.3. The van der Waals surface area contributed by atoms with E-state index in [4.69, 9.17) is 10.00 Å². The topological polar surface area (TPSA) is 65.4 Å². The maximum Gasteiger partial charge on any atom is 0.411 e. The number of rotatable bonds is 5. The third-order valence-electron chi connectivity index (χ3n) is 5.84. The van der Waals surface area contributed by atoms with Crippen molar-refractivity contribution < 1.29 is 9.53 Å².